The van der Waals surface area contributed by atoms with Gasteiger partial charge in [0.25, 0.3) is 0 Å². The Labute approximate surface area is 97.5 Å². The molecule has 0 saturated carbocycles. The van der Waals surface area contributed by atoms with Gasteiger partial charge in [0.05, 0.1) is 10.5 Å². The van der Waals surface area contributed by atoms with E-state index in [1.165, 1.54) is 11.8 Å². The molecule has 4 heteroatoms. The number of pyridine rings is 1. The Balaban J connectivity index is 2.29. The molecule has 82 valence electrons. The van der Waals surface area contributed by atoms with Gasteiger partial charge in [-0.25, -0.2) is 4.98 Å². The quantitative estimate of drug-likeness (QED) is 0.828. The van der Waals surface area contributed by atoms with Gasteiger partial charge in [0.1, 0.15) is 5.25 Å². The van der Waals surface area contributed by atoms with E-state index < -0.39 is 11.2 Å². The van der Waals surface area contributed by atoms with Gasteiger partial charge in [0.2, 0.25) is 0 Å². The van der Waals surface area contributed by atoms with Crippen LogP contribution < -0.4 is 0 Å². The van der Waals surface area contributed by atoms with E-state index in [4.69, 9.17) is 5.11 Å². The van der Waals surface area contributed by atoms with E-state index >= 15 is 0 Å². The highest BCUT2D eigenvalue weighted by Gasteiger charge is 2.13. The summed E-state index contributed by atoms with van der Waals surface area (Å²) in [6, 6.07) is 11.6. The Hall–Kier alpha value is -1.55. The van der Waals surface area contributed by atoms with Crippen LogP contribution in [0.25, 0.3) is 10.9 Å². The van der Waals surface area contributed by atoms with Gasteiger partial charge < -0.3 is 5.11 Å². The second-order valence-electron chi connectivity index (χ2n) is 3.44. The number of aliphatic carboxylic acids is 1. The molecule has 1 aromatic heterocycles. The van der Waals surface area contributed by atoms with Crippen LogP contribution in [0.4, 0.5) is 0 Å². The monoisotopic (exact) mass is 233 g/mol. The normalized spacial score (nSPS) is 12.6. The van der Waals surface area contributed by atoms with Gasteiger partial charge in [0.15, 0.2) is 0 Å². The topological polar surface area (TPSA) is 50.2 Å². The minimum atomic E-state index is -0.819. The van der Waals surface area contributed by atoms with Crippen LogP contribution in [0.15, 0.2) is 41.4 Å². The van der Waals surface area contributed by atoms with Crippen LogP contribution in [0.3, 0.4) is 0 Å². The molecule has 0 fully saturated rings. The van der Waals surface area contributed by atoms with Crippen molar-refractivity contribution in [1.82, 2.24) is 4.98 Å². The molecular formula is C12H11NO2S. The van der Waals surface area contributed by atoms with Crippen molar-refractivity contribution >= 4 is 28.6 Å². The van der Waals surface area contributed by atoms with E-state index in [2.05, 4.69) is 4.98 Å². The van der Waals surface area contributed by atoms with Crippen molar-refractivity contribution < 1.29 is 9.90 Å². The van der Waals surface area contributed by atoms with E-state index in [0.717, 1.165) is 15.9 Å². The molecule has 1 aromatic carbocycles. The zero-order chi connectivity index (χ0) is 11.5. The van der Waals surface area contributed by atoms with Gasteiger partial charge in [-0.15, -0.1) is 0 Å². The number of hydrogen-bond donors (Lipinski definition) is 1. The van der Waals surface area contributed by atoms with Crippen LogP contribution >= 0.6 is 11.8 Å². The van der Waals surface area contributed by atoms with Crippen LogP contribution in [-0.2, 0) is 4.79 Å². The highest BCUT2D eigenvalue weighted by atomic mass is 32.2. The lowest BCUT2D eigenvalue weighted by molar-refractivity contribution is -0.136. The predicted molar refractivity (Wildman–Crippen MR) is 64.7 cm³/mol. The van der Waals surface area contributed by atoms with Gasteiger partial charge in [0, 0.05) is 5.39 Å². The van der Waals surface area contributed by atoms with E-state index in [1.54, 1.807) is 6.92 Å². The molecule has 16 heavy (non-hydrogen) atoms. The molecule has 0 amide bonds. The lowest BCUT2D eigenvalue weighted by atomic mass is 10.2. The minimum absolute atomic E-state index is 0.478. The Morgan fingerprint density at radius 2 is 2.06 bits per heavy atom. The third-order valence-corrected chi connectivity index (χ3v) is 3.24. The Morgan fingerprint density at radius 3 is 2.81 bits per heavy atom. The van der Waals surface area contributed by atoms with E-state index in [-0.39, 0.29) is 0 Å². The fourth-order valence-electron chi connectivity index (χ4n) is 1.34. The first-order chi connectivity index (χ1) is 7.66. The van der Waals surface area contributed by atoms with Gasteiger partial charge >= 0.3 is 5.97 Å². The maximum absolute atomic E-state index is 10.7. The van der Waals surface area contributed by atoms with Crippen molar-refractivity contribution in [1.29, 1.82) is 0 Å². The molecule has 2 aromatic rings. The molecule has 2 rings (SSSR count). The number of thioether (sulfide) groups is 1. The number of carbonyl (C=O) groups is 1. The Bertz CT molecular complexity index is 527. The fraction of sp³-hybridized carbons (Fsp3) is 0.167. The second kappa shape index (κ2) is 4.53. The molecule has 0 aliphatic heterocycles. The SMILES string of the molecule is C[C@H](Sc1ccc2ccccc2n1)C(=O)O. The number of carboxylic acids is 1. The van der Waals surface area contributed by atoms with Crippen LogP contribution in [0.1, 0.15) is 6.92 Å². The van der Waals surface area contributed by atoms with Crippen LogP contribution in [0, 0.1) is 0 Å². The molecule has 0 aliphatic carbocycles. The highest BCUT2D eigenvalue weighted by Crippen LogP contribution is 2.23. The summed E-state index contributed by atoms with van der Waals surface area (Å²) < 4.78 is 0. The van der Waals surface area contributed by atoms with Crippen LogP contribution in [-0.4, -0.2) is 21.3 Å². The largest absolute Gasteiger partial charge is 0.480 e. The molecule has 0 radical (unpaired) electrons. The number of rotatable bonds is 3. The van der Waals surface area contributed by atoms with Gasteiger partial charge in [-0.2, -0.15) is 0 Å². The molecule has 1 N–H and O–H groups in total. The molecule has 0 aliphatic rings. The summed E-state index contributed by atoms with van der Waals surface area (Å²) in [6.07, 6.45) is 0. The molecule has 0 unspecified atom stereocenters. The first kappa shape index (κ1) is 11.0. The third kappa shape index (κ3) is 2.33. The number of nitrogens with zero attached hydrogens (tertiary/aromatic N) is 1. The van der Waals surface area contributed by atoms with Gasteiger partial charge in [-0.1, -0.05) is 36.0 Å². The maximum atomic E-state index is 10.7. The lowest BCUT2D eigenvalue weighted by Gasteiger charge is -2.05. The summed E-state index contributed by atoms with van der Waals surface area (Å²) >= 11 is 1.26. The summed E-state index contributed by atoms with van der Waals surface area (Å²) in [7, 11) is 0. The summed E-state index contributed by atoms with van der Waals surface area (Å²) in [5, 5.41) is 10.1. The number of benzene rings is 1. The standard InChI is InChI=1S/C12H11NO2S/c1-8(12(14)15)16-11-7-6-9-4-2-3-5-10(9)13-11/h2-8H,1H3,(H,14,15)/t8-/m0/s1. The zero-order valence-corrected chi connectivity index (χ0v) is 9.57. The summed E-state index contributed by atoms with van der Waals surface area (Å²) in [6.45, 7) is 1.66. The second-order valence-corrected chi connectivity index (χ2v) is 4.80. The number of aromatic nitrogens is 1. The minimum Gasteiger partial charge on any atom is -0.480 e. The average molecular weight is 233 g/mol. The first-order valence-corrected chi connectivity index (χ1v) is 5.80. The van der Waals surface area contributed by atoms with Gasteiger partial charge in [-0.05, 0) is 19.1 Å². The first-order valence-electron chi connectivity index (χ1n) is 4.92. The van der Waals surface area contributed by atoms with E-state index in [0.29, 0.717) is 0 Å². The van der Waals surface area contributed by atoms with E-state index in [9.17, 15) is 4.79 Å². The van der Waals surface area contributed by atoms with Gasteiger partial charge in [-0.3, -0.25) is 4.79 Å². The predicted octanol–water partition coefficient (Wildman–Crippen LogP) is 2.80. The molecule has 3 nitrogen and oxygen atoms in total. The van der Waals surface area contributed by atoms with Crippen molar-refractivity contribution in [2.75, 3.05) is 0 Å². The molecular weight excluding hydrogens is 222 g/mol. The third-order valence-electron chi connectivity index (χ3n) is 2.22. The van der Waals surface area contributed by atoms with Crippen molar-refractivity contribution in [2.24, 2.45) is 0 Å². The number of carboxylic acid groups (broad SMARTS) is 1. The maximum Gasteiger partial charge on any atom is 0.316 e. The smallest absolute Gasteiger partial charge is 0.316 e. The Morgan fingerprint density at radius 1 is 1.31 bits per heavy atom. The Kier molecular flexibility index (Phi) is 3.10. The highest BCUT2D eigenvalue weighted by molar-refractivity contribution is 8.00. The molecule has 0 spiro atoms. The molecule has 1 heterocycles. The van der Waals surface area contributed by atoms with Crippen molar-refractivity contribution in [2.45, 2.75) is 17.2 Å². The van der Waals surface area contributed by atoms with E-state index in [1.807, 2.05) is 36.4 Å². The molecule has 1 atom stereocenters. The summed E-state index contributed by atoms with van der Waals surface area (Å²) in [4.78, 5) is 15.1. The molecule has 0 saturated heterocycles. The average Bonchev–Trinajstić information content (AvgIpc) is 2.28. The zero-order valence-electron chi connectivity index (χ0n) is 8.75. The number of para-hydroxylation sites is 1. The number of hydrogen-bond acceptors (Lipinski definition) is 3. The van der Waals surface area contributed by atoms with Crippen LogP contribution in [0.5, 0.6) is 0 Å². The van der Waals surface area contributed by atoms with Crippen molar-refractivity contribution in [3.63, 3.8) is 0 Å². The lowest BCUT2D eigenvalue weighted by Crippen LogP contribution is -2.11. The van der Waals surface area contributed by atoms with Crippen molar-refractivity contribution in [3.05, 3.63) is 36.4 Å². The molecule has 0 bridgehead atoms. The fourth-order valence-corrected chi connectivity index (χ4v) is 2.11. The van der Waals surface area contributed by atoms with Crippen molar-refractivity contribution in [3.8, 4) is 0 Å². The summed E-state index contributed by atoms with van der Waals surface area (Å²) in [5.74, 6) is -0.819. The number of fused-ring (bicyclic) bond motifs is 1. The van der Waals surface area contributed by atoms with Crippen LogP contribution in [0.2, 0.25) is 0 Å². The summed E-state index contributed by atoms with van der Waals surface area (Å²) in [5.41, 5.74) is 0.894.